The first kappa shape index (κ1) is 15.1. The second-order valence-electron chi connectivity index (χ2n) is 4.07. The molecule has 0 heterocycles. The highest BCUT2D eigenvalue weighted by Gasteiger charge is 2.01. The molecule has 0 saturated heterocycles. The molecular weight excluding hydrogens is 314 g/mol. The molecule has 0 saturated carbocycles. The van der Waals surface area contributed by atoms with Gasteiger partial charge < -0.3 is 11.1 Å². The zero-order valence-electron chi connectivity index (χ0n) is 10.3. The molecule has 0 atom stereocenters. The first-order valence-corrected chi connectivity index (χ1v) is 6.78. The lowest BCUT2D eigenvalue weighted by atomic mass is 10.1. The molecule has 1 rings (SSSR count). The number of rotatable bonds is 5. The number of hydrogen-bond acceptors (Lipinski definition) is 1. The van der Waals surface area contributed by atoms with Crippen LogP contribution in [0.1, 0.15) is 12.5 Å². The summed E-state index contributed by atoms with van der Waals surface area (Å²) in [6, 6.07) is 5.73. The summed E-state index contributed by atoms with van der Waals surface area (Å²) in [5.41, 5.74) is 7.84. The van der Waals surface area contributed by atoms with Crippen molar-refractivity contribution in [3.8, 4) is 0 Å². The summed E-state index contributed by atoms with van der Waals surface area (Å²) >= 11 is 9.43. The van der Waals surface area contributed by atoms with E-state index in [1.807, 2.05) is 25.1 Å². The van der Waals surface area contributed by atoms with Gasteiger partial charge in [-0.1, -0.05) is 39.7 Å². The van der Waals surface area contributed by atoms with Gasteiger partial charge in [0.15, 0.2) is 5.96 Å². The van der Waals surface area contributed by atoms with Gasteiger partial charge in [0.2, 0.25) is 0 Å². The van der Waals surface area contributed by atoms with Crippen molar-refractivity contribution in [1.29, 1.82) is 0 Å². The minimum atomic E-state index is 0.441. The summed E-state index contributed by atoms with van der Waals surface area (Å²) in [4.78, 5) is 4.14. The second-order valence-corrected chi connectivity index (χ2v) is 5.36. The average molecular weight is 331 g/mol. The molecule has 0 unspecified atom stereocenters. The zero-order valence-corrected chi connectivity index (χ0v) is 12.7. The predicted octanol–water partition coefficient (Wildman–Crippen LogP) is 3.13. The first-order valence-electron chi connectivity index (χ1n) is 5.61. The second kappa shape index (κ2) is 7.44. The van der Waals surface area contributed by atoms with E-state index in [1.54, 1.807) is 0 Å². The fourth-order valence-corrected chi connectivity index (χ4v) is 1.98. The van der Waals surface area contributed by atoms with Gasteiger partial charge >= 0.3 is 0 Å². The van der Waals surface area contributed by atoms with Crippen LogP contribution < -0.4 is 11.1 Å². The van der Waals surface area contributed by atoms with E-state index in [9.17, 15) is 0 Å². The van der Waals surface area contributed by atoms with E-state index in [0.29, 0.717) is 19.0 Å². The predicted molar refractivity (Wildman–Crippen MR) is 82.2 cm³/mol. The summed E-state index contributed by atoms with van der Waals surface area (Å²) in [5, 5.41) is 3.79. The van der Waals surface area contributed by atoms with Gasteiger partial charge in [0, 0.05) is 16.0 Å². The van der Waals surface area contributed by atoms with Crippen molar-refractivity contribution in [2.24, 2.45) is 10.7 Å². The van der Waals surface area contributed by atoms with Crippen LogP contribution in [0.2, 0.25) is 5.02 Å². The smallest absolute Gasteiger partial charge is 0.188 e. The number of benzene rings is 1. The number of nitrogens with one attached hydrogen (secondary N) is 1. The van der Waals surface area contributed by atoms with Crippen molar-refractivity contribution in [3.05, 3.63) is 45.4 Å². The van der Waals surface area contributed by atoms with E-state index in [-0.39, 0.29) is 0 Å². The molecule has 3 nitrogen and oxygen atoms in total. The molecule has 18 heavy (non-hydrogen) atoms. The third-order valence-corrected chi connectivity index (χ3v) is 3.24. The van der Waals surface area contributed by atoms with Crippen molar-refractivity contribution in [3.63, 3.8) is 0 Å². The standard InChI is InChI=1S/C13H17BrClN3/c1-9(2)8-18-13(16)17-6-5-10-7-11(15)3-4-12(10)14/h3-4,7H,1,5-6,8H2,2H3,(H3,16,17,18). The molecule has 0 radical (unpaired) electrons. The number of guanidine groups is 1. The Morgan fingerprint density at radius 1 is 1.56 bits per heavy atom. The Bertz CT molecular complexity index is 458. The average Bonchev–Trinajstić information content (AvgIpc) is 2.31. The van der Waals surface area contributed by atoms with E-state index < -0.39 is 0 Å². The fraction of sp³-hybridized carbons (Fsp3) is 0.308. The minimum Gasteiger partial charge on any atom is -0.370 e. The monoisotopic (exact) mass is 329 g/mol. The molecular formula is C13H17BrClN3. The van der Waals surface area contributed by atoms with Crippen LogP contribution in [0.5, 0.6) is 0 Å². The van der Waals surface area contributed by atoms with Crippen LogP contribution in [0.4, 0.5) is 0 Å². The molecule has 5 heteroatoms. The maximum atomic E-state index is 5.94. The lowest BCUT2D eigenvalue weighted by molar-refractivity contribution is 0.850. The molecule has 98 valence electrons. The summed E-state index contributed by atoms with van der Waals surface area (Å²) in [6.45, 7) is 6.95. The van der Waals surface area contributed by atoms with Gasteiger partial charge in [0.1, 0.15) is 0 Å². The van der Waals surface area contributed by atoms with E-state index in [0.717, 1.165) is 27.1 Å². The Morgan fingerprint density at radius 3 is 2.94 bits per heavy atom. The number of nitrogens with zero attached hydrogens (tertiary/aromatic N) is 1. The van der Waals surface area contributed by atoms with Crippen LogP contribution in [-0.4, -0.2) is 19.0 Å². The summed E-state index contributed by atoms with van der Waals surface area (Å²) < 4.78 is 1.05. The molecule has 3 N–H and O–H groups in total. The Kier molecular flexibility index (Phi) is 6.22. The molecule has 0 amide bonds. The SMILES string of the molecule is C=C(C)CN=C(N)NCCc1cc(Cl)ccc1Br. The van der Waals surface area contributed by atoms with Gasteiger partial charge in [0.05, 0.1) is 6.54 Å². The van der Waals surface area contributed by atoms with E-state index in [1.165, 1.54) is 0 Å². The highest BCUT2D eigenvalue weighted by atomic mass is 79.9. The summed E-state index contributed by atoms with van der Waals surface area (Å²) in [5.74, 6) is 0.441. The largest absolute Gasteiger partial charge is 0.370 e. The lowest BCUT2D eigenvalue weighted by Gasteiger charge is -2.07. The highest BCUT2D eigenvalue weighted by molar-refractivity contribution is 9.10. The number of halogens is 2. The zero-order chi connectivity index (χ0) is 13.5. The van der Waals surface area contributed by atoms with Crippen molar-refractivity contribution in [2.75, 3.05) is 13.1 Å². The van der Waals surface area contributed by atoms with Crippen LogP contribution in [0, 0.1) is 0 Å². The van der Waals surface area contributed by atoms with Gasteiger partial charge in [-0.2, -0.15) is 0 Å². The Labute approximate surface area is 121 Å². The van der Waals surface area contributed by atoms with Crippen LogP contribution in [0.15, 0.2) is 39.8 Å². The van der Waals surface area contributed by atoms with E-state index >= 15 is 0 Å². The molecule has 0 aromatic heterocycles. The van der Waals surface area contributed by atoms with Gasteiger partial charge in [-0.05, 0) is 37.1 Å². The maximum Gasteiger partial charge on any atom is 0.188 e. The van der Waals surface area contributed by atoms with Crippen LogP contribution in [-0.2, 0) is 6.42 Å². The molecule has 1 aromatic rings. The Morgan fingerprint density at radius 2 is 2.28 bits per heavy atom. The van der Waals surface area contributed by atoms with Gasteiger partial charge in [0.25, 0.3) is 0 Å². The maximum absolute atomic E-state index is 5.94. The molecule has 0 aliphatic rings. The van der Waals surface area contributed by atoms with Crippen molar-refractivity contribution in [1.82, 2.24) is 5.32 Å². The van der Waals surface area contributed by atoms with Crippen molar-refractivity contribution < 1.29 is 0 Å². The molecule has 1 aromatic carbocycles. The quantitative estimate of drug-likeness (QED) is 0.495. The van der Waals surface area contributed by atoms with Gasteiger partial charge in [-0.15, -0.1) is 0 Å². The van der Waals surface area contributed by atoms with Crippen molar-refractivity contribution in [2.45, 2.75) is 13.3 Å². The molecule has 0 spiro atoms. The molecule has 0 fully saturated rings. The fourth-order valence-electron chi connectivity index (χ4n) is 1.34. The van der Waals surface area contributed by atoms with Crippen molar-refractivity contribution >= 4 is 33.5 Å². The minimum absolute atomic E-state index is 0.441. The Balaban J connectivity index is 2.44. The van der Waals surface area contributed by atoms with E-state index in [4.69, 9.17) is 17.3 Å². The topological polar surface area (TPSA) is 50.4 Å². The van der Waals surface area contributed by atoms with Crippen LogP contribution in [0.25, 0.3) is 0 Å². The van der Waals surface area contributed by atoms with Crippen LogP contribution in [0.3, 0.4) is 0 Å². The summed E-state index contributed by atoms with van der Waals surface area (Å²) in [7, 11) is 0. The lowest BCUT2D eigenvalue weighted by Crippen LogP contribution is -2.33. The van der Waals surface area contributed by atoms with Gasteiger partial charge in [-0.3, -0.25) is 0 Å². The third kappa shape index (κ3) is 5.56. The van der Waals surface area contributed by atoms with E-state index in [2.05, 4.69) is 32.8 Å². The normalized spacial score (nSPS) is 11.4. The molecule has 0 bridgehead atoms. The number of nitrogens with two attached hydrogens (primary N) is 1. The highest BCUT2D eigenvalue weighted by Crippen LogP contribution is 2.21. The number of aliphatic imine (C=N–C) groups is 1. The van der Waals surface area contributed by atoms with Gasteiger partial charge in [-0.25, -0.2) is 4.99 Å². The molecule has 0 aliphatic heterocycles. The summed E-state index contributed by atoms with van der Waals surface area (Å²) in [6.07, 6.45) is 0.824. The molecule has 0 aliphatic carbocycles. The number of hydrogen-bond donors (Lipinski definition) is 2. The Hall–Kier alpha value is -1.000. The van der Waals surface area contributed by atoms with Crippen LogP contribution >= 0.6 is 27.5 Å². The third-order valence-electron chi connectivity index (χ3n) is 2.23. The first-order chi connectivity index (χ1) is 8.49.